The summed E-state index contributed by atoms with van der Waals surface area (Å²) in [6, 6.07) is 0.623. The zero-order valence-electron chi connectivity index (χ0n) is 13.6. The Labute approximate surface area is 149 Å². The number of alkyl halides is 3. The van der Waals surface area contributed by atoms with Crippen molar-refractivity contribution in [2.24, 2.45) is 0 Å². The first kappa shape index (κ1) is 18.7. The van der Waals surface area contributed by atoms with Crippen LogP contribution in [0.5, 0.6) is 0 Å². The number of anilines is 1. The molecule has 0 amide bonds. The first-order chi connectivity index (χ1) is 11.6. The van der Waals surface area contributed by atoms with Crippen molar-refractivity contribution in [3.05, 3.63) is 22.8 Å². The maximum atomic E-state index is 12.7. The monoisotopic (exact) mass is 397 g/mol. The lowest BCUT2D eigenvalue weighted by atomic mass is 10.1. The quantitative estimate of drug-likeness (QED) is 0.783. The van der Waals surface area contributed by atoms with Gasteiger partial charge in [-0.15, -0.1) is 0 Å². The Bertz CT molecular complexity index is 753. The third-order valence-corrected chi connectivity index (χ3v) is 7.40. The minimum atomic E-state index is -4.50. The van der Waals surface area contributed by atoms with Gasteiger partial charge < -0.3 is 4.90 Å². The van der Waals surface area contributed by atoms with Crippen LogP contribution in [0.1, 0.15) is 31.2 Å². The highest BCUT2D eigenvalue weighted by atomic mass is 35.5. The Balaban J connectivity index is 1.77. The fourth-order valence-corrected chi connectivity index (χ4v) is 5.15. The second kappa shape index (κ2) is 6.59. The molecule has 0 bridgehead atoms. The summed E-state index contributed by atoms with van der Waals surface area (Å²) in [5, 5.41) is -0.371. The van der Waals surface area contributed by atoms with E-state index in [1.807, 2.05) is 0 Å². The molecular formula is C15H19ClF3N3O2S. The van der Waals surface area contributed by atoms with Crippen molar-refractivity contribution in [3.63, 3.8) is 0 Å². The number of likely N-dealkylation sites (N-methyl/N-ethyl adjacent to an activating group) is 1. The second-order valence-electron chi connectivity index (χ2n) is 6.53. The van der Waals surface area contributed by atoms with Crippen molar-refractivity contribution < 1.29 is 21.6 Å². The Hall–Kier alpha value is -1.06. The molecule has 5 nitrogen and oxygen atoms in total. The summed E-state index contributed by atoms with van der Waals surface area (Å²) in [4.78, 5) is 5.64. The topological polar surface area (TPSA) is 53.5 Å². The highest BCUT2D eigenvalue weighted by molar-refractivity contribution is 7.90. The number of halogens is 4. The third-order valence-electron chi connectivity index (χ3n) is 4.71. The lowest BCUT2D eigenvalue weighted by molar-refractivity contribution is -0.137. The summed E-state index contributed by atoms with van der Waals surface area (Å²) in [6.07, 6.45) is -0.941. The molecule has 1 aromatic rings. The van der Waals surface area contributed by atoms with Gasteiger partial charge in [-0.1, -0.05) is 11.6 Å². The highest BCUT2D eigenvalue weighted by Crippen LogP contribution is 2.36. The zero-order chi connectivity index (χ0) is 18.4. The van der Waals surface area contributed by atoms with Crippen LogP contribution in [-0.2, 0) is 16.2 Å². The summed E-state index contributed by atoms with van der Waals surface area (Å²) >= 11 is 6.01. The molecule has 2 fully saturated rings. The van der Waals surface area contributed by atoms with E-state index in [4.69, 9.17) is 11.6 Å². The first-order valence-electron chi connectivity index (χ1n) is 8.05. The van der Waals surface area contributed by atoms with Gasteiger partial charge in [-0.25, -0.2) is 13.4 Å². The summed E-state index contributed by atoms with van der Waals surface area (Å²) in [5.41, 5.74) is -0.900. The maximum absolute atomic E-state index is 12.7. The minimum absolute atomic E-state index is 0.0804. The Morgan fingerprint density at radius 2 is 2.00 bits per heavy atom. The van der Waals surface area contributed by atoms with Gasteiger partial charge in [-0.3, -0.25) is 0 Å². The van der Waals surface area contributed by atoms with E-state index in [9.17, 15) is 21.6 Å². The van der Waals surface area contributed by atoms with Crippen LogP contribution in [0, 0.1) is 0 Å². The molecule has 0 N–H and O–H groups in total. The van der Waals surface area contributed by atoms with Crippen molar-refractivity contribution in [1.29, 1.82) is 0 Å². The number of hydrogen-bond acceptors (Lipinski definition) is 4. The van der Waals surface area contributed by atoms with Crippen molar-refractivity contribution in [2.45, 2.75) is 43.2 Å². The second-order valence-corrected chi connectivity index (χ2v) is 9.21. The lowest BCUT2D eigenvalue weighted by Gasteiger charge is -2.38. The molecule has 1 saturated carbocycles. The van der Waals surface area contributed by atoms with Crippen LogP contribution in [0.15, 0.2) is 12.3 Å². The van der Waals surface area contributed by atoms with Crippen molar-refractivity contribution >= 4 is 27.4 Å². The van der Waals surface area contributed by atoms with Crippen LogP contribution < -0.4 is 4.90 Å². The fraction of sp³-hybridized carbons (Fsp3) is 0.667. The third kappa shape index (κ3) is 3.88. The average molecular weight is 398 g/mol. The summed E-state index contributed by atoms with van der Waals surface area (Å²) < 4.78 is 64.4. The standard InChI is InChI=1S/C15H19ClF3N3O2S/c1-21(25(23,24)12-4-5-12)11-3-2-6-22(9-11)14-13(16)7-10(8-20-14)15(17,18)19/h7-8,11-12H,2-6,9H2,1H3. The molecule has 1 saturated heterocycles. The van der Waals surface area contributed by atoms with Gasteiger partial charge in [0.25, 0.3) is 0 Å². The van der Waals surface area contributed by atoms with E-state index in [0.717, 1.165) is 12.3 Å². The molecule has 1 aliphatic heterocycles. The van der Waals surface area contributed by atoms with Crippen LogP contribution in [-0.4, -0.2) is 49.1 Å². The SMILES string of the molecule is CN(C1CCCN(c2ncc(C(F)(F)F)cc2Cl)C1)S(=O)(=O)C1CC1. The number of rotatable bonds is 4. The van der Waals surface area contributed by atoms with Gasteiger partial charge in [0.05, 0.1) is 15.8 Å². The van der Waals surface area contributed by atoms with Crippen LogP contribution >= 0.6 is 11.6 Å². The normalized spacial score (nSPS) is 22.5. The van der Waals surface area contributed by atoms with Crippen LogP contribution in [0.25, 0.3) is 0 Å². The Kier molecular flexibility index (Phi) is 4.93. The van der Waals surface area contributed by atoms with Gasteiger partial charge in [-0.2, -0.15) is 17.5 Å². The van der Waals surface area contributed by atoms with Crippen molar-refractivity contribution in [3.8, 4) is 0 Å². The smallest absolute Gasteiger partial charge is 0.354 e. The molecule has 2 aliphatic rings. The number of sulfonamides is 1. The molecule has 1 aliphatic carbocycles. The van der Waals surface area contributed by atoms with Crippen molar-refractivity contribution in [1.82, 2.24) is 9.29 Å². The molecule has 25 heavy (non-hydrogen) atoms. The molecule has 10 heteroatoms. The number of aromatic nitrogens is 1. The molecular weight excluding hydrogens is 379 g/mol. The average Bonchev–Trinajstić information content (AvgIpc) is 3.38. The minimum Gasteiger partial charge on any atom is -0.354 e. The highest BCUT2D eigenvalue weighted by Gasteiger charge is 2.42. The van der Waals surface area contributed by atoms with E-state index in [0.29, 0.717) is 38.8 Å². The molecule has 1 aromatic heterocycles. The Morgan fingerprint density at radius 1 is 1.32 bits per heavy atom. The van der Waals surface area contributed by atoms with E-state index >= 15 is 0 Å². The number of hydrogen-bond donors (Lipinski definition) is 0. The van der Waals surface area contributed by atoms with Gasteiger partial charge in [0.1, 0.15) is 5.82 Å². The number of pyridine rings is 1. The molecule has 1 unspecified atom stereocenters. The predicted molar refractivity (Wildman–Crippen MR) is 89.2 cm³/mol. The van der Waals surface area contributed by atoms with Gasteiger partial charge in [0.2, 0.25) is 10.0 Å². The van der Waals surface area contributed by atoms with E-state index in [1.165, 1.54) is 4.31 Å². The largest absolute Gasteiger partial charge is 0.417 e. The number of piperidine rings is 1. The molecule has 0 radical (unpaired) electrons. The molecule has 140 valence electrons. The lowest BCUT2D eigenvalue weighted by Crippen LogP contribution is -2.49. The number of nitrogens with zero attached hydrogens (tertiary/aromatic N) is 3. The molecule has 2 heterocycles. The van der Waals surface area contributed by atoms with Crippen molar-refractivity contribution in [2.75, 3.05) is 25.0 Å². The molecule has 0 aromatic carbocycles. The zero-order valence-corrected chi connectivity index (χ0v) is 15.2. The van der Waals surface area contributed by atoms with E-state index < -0.39 is 21.8 Å². The first-order valence-corrected chi connectivity index (χ1v) is 9.93. The van der Waals surface area contributed by atoms with E-state index in [-0.39, 0.29) is 22.1 Å². The van der Waals surface area contributed by atoms with E-state index in [2.05, 4.69) is 4.98 Å². The summed E-state index contributed by atoms with van der Waals surface area (Å²) in [7, 11) is -1.73. The molecule has 3 rings (SSSR count). The van der Waals surface area contributed by atoms with Gasteiger partial charge in [0, 0.05) is 32.4 Å². The predicted octanol–water partition coefficient (Wildman–Crippen LogP) is 3.15. The van der Waals surface area contributed by atoms with Crippen LogP contribution in [0.3, 0.4) is 0 Å². The molecule has 0 spiro atoms. The van der Waals surface area contributed by atoms with Gasteiger partial charge in [0.15, 0.2) is 0 Å². The Morgan fingerprint density at radius 3 is 2.56 bits per heavy atom. The van der Waals surface area contributed by atoms with Gasteiger partial charge in [-0.05, 0) is 31.7 Å². The van der Waals surface area contributed by atoms with Crippen LogP contribution in [0.2, 0.25) is 5.02 Å². The summed E-state index contributed by atoms with van der Waals surface area (Å²) in [5.74, 6) is 0.261. The fourth-order valence-electron chi connectivity index (χ4n) is 3.07. The van der Waals surface area contributed by atoms with Gasteiger partial charge >= 0.3 is 6.18 Å². The molecule has 1 atom stereocenters. The van der Waals surface area contributed by atoms with E-state index in [1.54, 1.807) is 11.9 Å². The summed E-state index contributed by atoms with van der Waals surface area (Å²) in [6.45, 7) is 0.937. The maximum Gasteiger partial charge on any atom is 0.417 e. The van der Waals surface area contributed by atoms with Crippen LogP contribution in [0.4, 0.5) is 19.0 Å².